The number of fused-ring (bicyclic) bond motifs is 1. The number of piperidine rings is 1. The quantitative estimate of drug-likeness (QED) is 0.872. The first-order chi connectivity index (χ1) is 11.7. The molecule has 5 heteroatoms. The van der Waals surface area contributed by atoms with Crippen LogP contribution < -0.4 is 0 Å². The molecule has 5 nitrogen and oxygen atoms in total. The molecule has 1 fully saturated rings. The van der Waals surface area contributed by atoms with Crippen molar-refractivity contribution in [3.63, 3.8) is 0 Å². The van der Waals surface area contributed by atoms with E-state index in [4.69, 9.17) is 4.74 Å². The normalized spacial score (nSPS) is 20.2. The van der Waals surface area contributed by atoms with Crippen LogP contribution in [0.5, 0.6) is 0 Å². The van der Waals surface area contributed by atoms with Crippen molar-refractivity contribution >= 4 is 5.91 Å². The summed E-state index contributed by atoms with van der Waals surface area (Å²) in [6.45, 7) is 4.92. The van der Waals surface area contributed by atoms with Crippen molar-refractivity contribution in [2.45, 2.75) is 52.0 Å². The summed E-state index contributed by atoms with van der Waals surface area (Å²) in [5.74, 6) is 0.137. The van der Waals surface area contributed by atoms with Gasteiger partial charge in [-0.2, -0.15) is 5.10 Å². The number of aryl methyl sites for hydroxylation is 1. The third-order valence-electron chi connectivity index (χ3n) is 5.02. The van der Waals surface area contributed by atoms with Crippen molar-refractivity contribution in [2.75, 3.05) is 6.54 Å². The highest BCUT2D eigenvalue weighted by Crippen LogP contribution is 2.25. The summed E-state index contributed by atoms with van der Waals surface area (Å²) >= 11 is 0. The molecule has 0 bridgehead atoms. The van der Waals surface area contributed by atoms with Crippen LogP contribution in [0.4, 0.5) is 0 Å². The van der Waals surface area contributed by atoms with E-state index in [1.807, 2.05) is 47.1 Å². The van der Waals surface area contributed by atoms with Gasteiger partial charge in [0.15, 0.2) is 0 Å². The van der Waals surface area contributed by atoms with E-state index in [0.29, 0.717) is 13.2 Å². The molecule has 2 aliphatic heterocycles. The molecule has 0 saturated carbocycles. The Morgan fingerprint density at radius 1 is 1.29 bits per heavy atom. The van der Waals surface area contributed by atoms with E-state index in [9.17, 15) is 4.79 Å². The lowest BCUT2D eigenvalue weighted by Crippen LogP contribution is -2.46. The molecule has 0 aliphatic carbocycles. The maximum Gasteiger partial charge on any atom is 0.254 e. The van der Waals surface area contributed by atoms with Crippen LogP contribution in [-0.2, 0) is 24.5 Å². The lowest BCUT2D eigenvalue weighted by molar-refractivity contribution is 0.0583. The average Bonchev–Trinajstić information content (AvgIpc) is 3.22. The third kappa shape index (κ3) is 2.96. The molecule has 0 radical (unpaired) electrons. The summed E-state index contributed by atoms with van der Waals surface area (Å²) in [6.07, 6.45) is 7.21. The number of hydrogen-bond acceptors (Lipinski definition) is 3. The molecule has 0 N–H and O–H groups in total. The predicted octanol–water partition coefficient (Wildman–Crippen LogP) is 2.92. The Morgan fingerprint density at radius 2 is 2.17 bits per heavy atom. The van der Waals surface area contributed by atoms with Gasteiger partial charge >= 0.3 is 0 Å². The first-order valence-corrected chi connectivity index (χ1v) is 8.70. The van der Waals surface area contributed by atoms with E-state index >= 15 is 0 Å². The van der Waals surface area contributed by atoms with Gasteiger partial charge in [0, 0.05) is 18.3 Å². The van der Waals surface area contributed by atoms with Crippen molar-refractivity contribution in [1.29, 1.82) is 0 Å². The van der Waals surface area contributed by atoms with E-state index in [1.54, 1.807) is 0 Å². The van der Waals surface area contributed by atoms with Crippen molar-refractivity contribution in [1.82, 2.24) is 14.7 Å². The summed E-state index contributed by atoms with van der Waals surface area (Å²) in [4.78, 5) is 15.1. The summed E-state index contributed by atoms with van der Waals surface area (Å²) in [5.41, 5.74) is 4.29. The lowest BCUT2D eigenvalue weighted by Gasteiger charge is -2.36. The Kier molecular flexibility index (Phi) is 4.10. The molecule has 1 atom stereocenters. The molecule has 2 aromatic rings. The van der Waals surface area contributed by atoms with Crippen LogP contribution >= 0.6 is 0 Å². The molecule has 126 valence electrons. The molecular weight excluding hydrogens is 302 g/mol. The first kappa shape index (κ1) is 15.4. The highest BCUT2D eigenvalue weighted by Gasteiger charge is 2.28. The number of carbonyl (C=O) groups excluding carboxylic acids is 1. The van der Waals surface area contributed by atoms with E-state index < -0.39 is 0 Å². The fraction of sp³-hybridized carbons (Fsp3) is 0.474. The molecule has 1 saturated heterocycles. The fourth-order valence-corrected chi connectivity index (χ4v) is 3.71. The van der Waals surface area contributed by atoms with Gasteiger partial charge in [-0.3, -0.25) is 9.48 Å². The molecule has 3 heterocycles. The molecule has 1 unspecified atom stereocenters. The van der Waals surface area contributed by atoms with Gasteiger partial charge in [-0.05, 0) is 55.0 Å². The Morgan fingerprint density at radius 3 is 3.00 bits per heavy atom. The van der Waals surface area contributed by atoms with Gasteiger partial charge in [-0.15, -0.1) is 0 Å². The summed E-state index contributed by atoms with van der Waals surface area (Å²) < 4.78 is 7.42. The number of aromatic nitrogens is 2. The first-order valence-electron chi connectivity index (χ1n) is 8.70. The highest BCUT2D eigenvalue weighted by molar-refractivity contribution is 5.94. The summed E-state index contributed by atoms with van der Waals surface area (Å²) in [5, 5.41) is 4.39. The monoisotopic (exact) mass is 325 g/mol. The van der Waals surface area contributed by atoms with Gasteiger partial charge in [0.1, 0.15) is 0 Å². The zero-order valence-electron chi connectivity index (χ0n) is 14.1. The fourth-order valence-electron chi connectivity index (χ4n) is 3.71. The summed E-state index contributed by atoms with van der Waals surface area (Å²) in [7, 11) is 0. The molecule has 0 spiro atoms. The van der Waals surface area contributed by atoms with Crippen LogP contribution in [0.25, 0.3) is 0 Å². The van der Waals surface area contributed by atoms with Crippen molar-refractivity contribution < 1.29 is 9.53 Å². The molecule has 2 aliphatic rings. The Balaban J connectivity index is 1.54. The highest BCUT2D eigenvalue weighted by atomic mass is 16.5. The van der Waals surface area contributed by atoms with Gasteiger partial charge in [-0.25, -0.2) is 0 Å². The third-order valence-corrected chi connectivity index (χ3v) is 5.02. The number of ether oxygens (including phenoxy) is 1. The second kappa shape index (κ2) is 6.40. The maximum absolute atomic E-state index is 13.1. The standard InChI is InChI=1S/C19H23N3O2/c1-14-9-20-21(10-14)11-18-4-2-3-7-22(18)19(23)15-5-6-16-12-24-13-17(16)8-15/h5-6,8-10,18H,2-4,7,11-13H2,1H3. The SMILES string of the molecule is Cc1cnn(CC2CCCCN2C(=O)c2ccc3c(c2)COC3)c1. The number of hydrogen-bond donors (Lipinski definition) is 0. The number of likely N-dealkylation sites (tertiary alicyclic amines) is 1. The van der Waals surface area contributed by atoms with Crippen molar-refractivity contribution in [3.05, 3.63) is 52.8 Å². The van der Waals surface area contributed by atoms with Gasteiger partial charge in [0.2, 0.25) is 0 Å². The molecule has 1 aromatic carbocycles. The van der Waals surface area contributed by atoms with Gasteiger partial charge in [-0.1, -0.05) is 6.07 Å². The minimum Gasteiger partial charge on any atom is -0.372 e. The molecule has 1 amide bonds. The van der Waals surface area contributed by atoms with Gasteiger partial charge in [0.25, 0.3) is 5.91 Å². The van der Waals surface area contributed by atoms with Crippen molar-refractivity contribution in [3.8, 4) is 0 Å². The second-order valence-corrected chi connectivity index (χ2v) is 6.86. The minimum atomic E-state index is 0.137. The smallest absolute Gasteiger partial charge is 0.254 e. The topological polar surface area (TPSA) is 47.4 Å². The largest absolute Gasteiger partial charge is 0.372 e. The number of nitrogens with zero attached hydrogens (tertiary/aromatic N) is 3. The Bertz CT molecular complexity index is 753. The van der Waals surface area contributed by atoms with Crippen LogP contribution in [0, 0.1) is 6.92 Å². The Hall–Kier alpha value is -2.14. The number of rotatable bonds is 3. The van der Waals surface area contributed by atoms with Crippen LogP contribution in [-0.4, -0.2) is 33.2 Å². The summed E-state index contributed by atoms with van der Waals surface area (Å²) in [6, 6.07) is 6.20. The molecule has 4 rings (SSSR count). The van der Waals surface area contributed by atoms with Crippen LogP contribution in [0.2, 0.25) is 0 Å². The Labute approximate surface area is 142 Å². The average molecular weight is 325 g/mol. The predicted molar refractivity (Wildman–Crippen MR) is 90.6 cm³/mol. The van der Waals surface area contributed by atoms with Crippen LogP contribution in [0.15, 0.2) is 30.6 Å². The number of benzene rings is 1. The minimum absolute atomic E-state index is 0.137. The molecular formula is C19H23N3O2. The van der Waals surface area contributed by atoms with E-state index in [0.717, 1.165) is 42.6 Å². The maximum atomic E-state index is 13.1. The lowest BCUT2D eigenvalue weighted by atomic mass is 9.99. The van der Waals surface area contributed by atoms with E-state index in [2.05, 4.69) is 5.10 Å². The number of amides is 1. The van der Waals surface area contributed by atoms with Crippen LogP contribution in [0.3, 0.4) is 0 Å². The van der Waals surface area contributed by atoms with Gasteiger partial charge < -0.3 is 9.64 Å². The zero-order valence-corrected chi connectivity index (χ0v) is 14.1. The number of carbonyl (C=O) groups is 1. The van der Waals surface area contributed by atoms with E-state index in [1.165, 1.54) is 12.0 Å². The van der Waals surface area contributed by atoms with Gasteiger partial charge in [0.05, 0.1) is 32.0 Å². The molecule has 1 aromatic heterocycles. The molecule has 24 heavy (non-hydrogen) atoms. The zero-order chi connectivity index (χ0) is 16.5. The van der Waals surface area contributed by atoms with Crippen LogP contribution in [0.1, 0.15) is 46.3 Å². The van der Waals surface area contributed by atoms with Crippen molar-refractivity contribution in [2.24, 2.45) is 0 Å². The second-order valence-electron chi connectivity index (χ2n) is 6.86. The van der Waals surface area contributed by atoms with E-state index in [-0.39, 0.29) is 11.9 Å².